The van der Waals surface area contributed by atoms with E-state index in [-0.39, 0.29) is 17.3 Å². The SMILES string of the molecule is CCCN(c1ccc(C(=O)O)c([N+](=O)[O-])c1)C(C)C. The monoisotopic (exact) mass is 266 g/mol. The van der Waals surface area contributed by atoms with Gasteiger partial charge in [-0.1, -0.05) is 6.92 Å². The Hall–Kier alpha value is -2.11. The van der Waals surface area contributed by atoms with E-state index in [1.54, 1.807) is 6.07 Å². The Kier molecular flexibility index (Phi) is 4.86. The van der Waals surface area contributed by atoms with Gasteiger partial charge in [0, 0.05) is 24.3 Å². The van der Waals surface area contributed by atoms with Crippen molar-refractivity contribution in [2.75, 3.05) is 11.4 Å². The molecule has 1 N–H and O–H groups in total. The summed E-state index contributed by atoms with van der Waals surface area (Å²) in [5, 5.41) is 19.9. The molecule has 0 unspecified atom stereocenters. The minimum atomic E-state index is -1.29. The van der Waals surface area contributed by atoms with Crippen molar-refractivity contribution < 1.29 is 14.8 Å². The van der Waals surface area contributed by atoms with Crippen molar-refractivity contribution in [3.05, 3.63) is 33.9 Å². The second-order valence-electron chi connectivity index (χ2n) is 4.55. The van der Waals surface area contributed by atoms with E-state index in [0.717, 1.165) is 13.0 Å². The van der Waals surface area contributed by atoms with Crippen molar-refractivity contribution in [2.24, 2.45) is 0 Å². The van der Waals surface area contributed by atoms with Gasteiger partial charge >= 0.3 is 5.97 Å². The van der Waals surface area contributed by atoms with E-state index in [2.05, 4.69) is 0 Å². The van der Waals surface area contributed by atoms with Gasteiger partial charge in [0.15, 0.2) is 0 Å². The van der Waals surface area contributed by atoms with E-state index in [9.17, 15) is 14.9 Å². The second kappa shape index (κ2) is 6.17. The van der Waals surface area contributed by atoms with Crippen molar-refractivity contribution >= 4 is 17.3 Å². The first-order valence-electron chi connectivity index (χ1n) is 6.16. The predicted octanol–water partition coefficient (Wildman–Crippen LogP) is 2.92. The highest BCUT2D eigenvalue weighted by Crippen LogP contribution is 2.27. The Morgan fingerprint density at radius 1 is 1.47 bits per heavy atom. The van der Waals surface area contributed by atoms with Crippen LogP contribution in [-0.4, -0.2) is 28.6 Å². The second-order valence-corrected chi connectivity index (χ2v) is 4.55. The molecule has 0 bridgehead atoms. The number of hydrogen-bond acceptors (Lipinski definition) is 4. The van der Waals surface area contributed by atoms with Gasteiger partial charge in [-0.25, -0.2) is 4.79 Å². The molecule has 0 heterocycles. The van der Waals surface area contributed by atoms with Crippen molar-refractivity contribution in [1.29, 1.82) is 0 Å². The fourth-order valence-corrected chi connectivity index (χ4v) is 1.96. The minimum absolute atomic E-state index is 0.190. The highest BCUT2D eigenvalue weighted by Gasteiger charge is 2.22. The van der Waals surface area contributed by atoms with Crippen molar-refractivity contribution in [3.8, 4) is 0 Å². The largest absolute Gasteiger partial charge is 0.477 e. The van der Waals surface area contributed by atoms with Crippen LogP contribution in [0.2, 0.25) is 0 Å². The topological polar surface area (TPSA) is 83.7 Å². The molecule has 6 heteroatoms. The van der Waals surface area contributed by atoms with Crippen LogP contribution in [0.5, 0.6) is 0 Å². The maximum atomic E-state index is 11.0. The van der Waals surface area contributed by atoms with Gasteiger partial charge in [-0.3, -0.25) is 10.1 Å². The Morgan fingerprint density at radius 3 is 2.53 bits per heavy atom. The van der Waals surface area contributed by atoms with E-state index in [0.29, 0.717) is 5.69 Å². The average molecular weight is 266 g/mol. The molecule has 0 radical (unpaired) electrons. The maximum absolute atomic E-state index is 11.0. The standard InChI is InChI=1S/C13H18N2O4/c1-4-7-14(9(2)3)10-5-6-11(13(16)17)12(8-10)15(18)19/h5-6,8-9H,4,7H2,1-3H3,(H,16,17). The molecular formula is C13H18N2O4. The molecule has 0 saturated heterocycles. The molecule has 0 fully saturated rings. The number of nitrogens with zero attached hydrogens (tertiary/aromatic N) is 2. The molecule has 0 atom stereocenters. The molecule has 1 rings (SSSR count). The molecule has 0 saturated carbocycles. The Bertz CT molecular complexity index is 486. The lowest BCUT2D eigenvalue weighted by atomic mass is 10.1. The number of carboxylic acids is 1. The zero-order valence-electron chi connectivity index (χ0n) is 11.3. The number of rotatable bonds is 6. The number of carbonyl (C=O) groups is 1. The first-order valence-corrected chi connectivity index (χ1v) is 6.16. The normalized spacial score (nSPS) is 10.5. The lowest BCUT2D eigenvalue weighted by Crippen LogP contribution is -2.31. The number of nitro groups is 1. The quantitative estimate of drug-likeness (QED) is 0.632. The summed E-state index contributed by atoms with van der Waals surface area (Å²) in [5.74, 6) is -1.29. The molecule has 1 aromatic carbocycles. The molecule has 0 spiro atoms. The summed E-state index contributed by atoms with van der Waals surface area (Å²) in [6, 6.07) is 4.43. The van der Waals surface area contributed by atoms with E-state index >= 15 is 0 Å². The summed E-state index contributed by atoms with van der Waals surface area (Å²) < 4.78 is 0. The van der Waals surface area contributed by atoms with Gasteiger partial charge < -0.3 is 10.0 Å². The van der Waals surface area contributed by atoms with E-state index in [1.165, 1.54) is 12.1 Å². The molecule has 104 valence electrons. The van der Waals surface area contributed by atoms with Crippen molar-refractivity contribution in [1.82, 2.24) is 0 Å². The van der Waals surface area contributed by atoms with Crippen LogP contribution in [-0.2, 0) is 0 Å². The van der Waals surface area contributed by atoms with Crippen LogP contribution in [0, 0.1) is 10.1 Å². The zero-order chi connectivity index (χ0) is 14.6. The Morgan fingerprint density at radius 2 is 2.11 bits per heavy atom. The number of anilines is 1. The number of carboxylic acid groups (broad SMARTS) is 1. The molecule has 19 heavy (non-hydrogen) atoms. The average Bonchev–Trinajstić information content (AvgIpc) is 2.34. The molecule has 0 aliphatic carbocycles. The predicted molar refractivity (Wildman–Crippen MR) is 72.8 cm³/mol. The van der Waals surface area contributed by atoms with Crippen LogP contribution in [0.25, 0.3) is 0 Å². The molecule has 0 aromatic heterocycles. The summed E-state index contributed by atoms with van der Waals surface area (Å²) in [6.45, 7) is 6.77. The molecule has 6 nitrogen and oxygen atoms in total. The molecule has 0 aliphatic rings. The third-order valence-corrected chi connectivity index (χ3v) is 2.83. The van der Waals surface area contributed by atoms with Crippen LogP contribution in [0.3, 0.4) is 0 Å². The lowest BCUT2D eigenvalue weighted by molar-refractivity contribution is -0.385. The highest BCUT2D eigenvalue weighted by molar-refractivity contribution is 5.93. The third-order valence-electron chi connectivity index (χ3n) is 2.83. The van der Waals surface area contributed by atoms with E-state index in [1.807, 2.05) is 25.7 Å². The van der Waals surface area contributed by atoms with Gasteiger partial charge in [-0.2, -0.15) is 0 Å². The van der Waals surface area contributed by atoms with Crippen LogP contribution in [0.15, 0.2) is 18.2 Å². The number of aromatic carboxylic acids is 1. The molecule has 1 aromatic rings. The highest BCUT2D eigenvalue weighted by atomic mass is 16.6. The Balaban J connectivity index is 3.27. The number of hydrogen-bond donors (Lipinski definition) is 1. The lowest BCUT2D eigenvalue weighted by Gasteiger charge is -2.28. The fourth-order valence-electron chi connectivity index (χ4n) is 1.96. The van der Waals surface area contributed by atoms with Gasteiger partial charge in [0.1, 0.15) is 5.56 Å². The zero-order valence-corrected chi connectivity index (χ0v) is 11.3. The first-order chi connectivity index (χ1) is 8.88. The summed E-state index contributed by atoms with van der Waals surface area (Å²) in [6.07, 6.45) is 0.909. The van der Waals surface area contributed by atoms with Gasteiger partial charge in [0.25, 0.3) is 5.69 Å². The molecule has 0 aliphatic heterocycles. The summed E-state index contributed by atoms with van der Waals surface area (Å²) in [4.78, 5) is 23.3. The summed E-state index contributed by atoms with van der Waals surface area (Å²) >= 11 is 0. The Labute approximate surface area is 111 Å². The molecular weight excluding hydrogens is 248 g/mol. The maximum Gasteiger partial charge on any atom is 0.342 e. The van der Waals surface area contributed by atoms with E-state index < -0.39 is 10.9 Å². The van der Waals surface area contributed by atoms with Crippen LogP contribution >= 0.6 is 0 Å². The van der Waals surface area contributed by atoms with Crippen molar-refractivity contribution in [2.45, 2.75) is 33.2 Å². The summed E-state index contributed by atoms with van der Waals surface area (Å²) in [7, 11) is 0. The van der Waals surface area contributed by atoms with E-state index in [4.69, 9.17) is 5.11 Å². The van der Waals surface area contributed by atoms with Gasteiger partial charge in [-0.15, -0.1) is 0 Å². The fraction of sp³-hybridized carbons (Fsp3) is 0.462. The van der Waals surface area contributed by atoms with Gasteiger partial charge in [-0.05, 0) is 32.4 Å². The van der Waals surface area contributed by atoms with Gasteiger partial charge in [0.2, 0.25) is 0 Å². The van der Waals surface area contributed by atoms with Crippen LogP contribution < -0.4 is 4.90 Å². The molecule has 0 amide bonds. The van der Waals surface area contributed by atoms with Crippen LogP contribution in [0.4, 0.5) is 11.4 Å². The minimum Gasteiger partial charge on any atom is -0.477 e. The van der Waals surface area contributed by atoms with Gasteiger partial charge in [0.05, 0.1) is 4.92 Å². The van der Waals surface area contributed by atoms with Crippen molar-refractivity contribution in [3.63, 3.8) is 0 Å². The third kappa shape index (κ3) is 3.43. The smallest absolute Gasteiger partial charge is 0.342 e. The number of nitro benzene ring substituents is 1. The first kappa shape index (κ1) is 14.9. The summed E-state index contributed by atoms with van der Waals surface area (Å²) in [5.41, 5.74) is 0.0225. The number of benzene rings is 1. The van der Waals surface area contributed by atoms with Crippen LogP contribution in [0.1, 0.15) is 37.6 Å².